The summed E-state index contributed by atoms with van der Waals surface area (Å²) in [5, 5.41) is 15.2. The molecule has 0 saturated carbocycles. The van der Waals surface area contributed by atoms with Crippen molar-refractivity contribution in [2.24, 2.45) is 0 Å². The highest BCUT2D eigenvalue weighted by Crippen LogP contribution is 2.23. The molecule has 2 heterocycles. The van der Waals surface area contributed by atoms with Gasteiger partial charge in [0.25, 0.3) is 5.91 Å². The lowest BCUT2D eigenvalue weighted by Gasteiger charge is -2.22. The number of nitrogen functional groups attached to an aromatic ring is 1. The van der Waals surface area contributed by atoms with Gasteiger partial charge >= 0.3 is 0 Å². The van der Waals surface area contributed by atoms with Crippen LogP contribution in [0.1, 0.15) is 24.2 Å². The number of amides is 1. The van der Waals surface area contributed by atoms with Crippen LogP contribution >= 0.6 is 11.6 Å². The second kappa shape index (κ2) is 7.62. The van der Waals surface area contributed by atoms with E-state index in [1.807, 2.05) is 0 Å². The second-order valence-corrected chi connectivity index (χ2v) is 6.37. The molecule has 1 amide bonds. The molecule has 0 fully saturated rings. The first-order chi connectivity index (χ1) is 11.7. The summed E-state index contributed by atoms with van der Waals surface area (Å²) in [5.74, 6) is -0.196. The van der Waals surface area contributed by atoms with E-state index in [9.17, 15) is 14.3 Å². The summed E-state index contributed by atoms with van der Waals surface area (Å²) < 4.78 is 13.8. The van der Waals surface area contributed by atoms with Gasteiger partial charge in [0, 0.05) is 6.20 Å². The molecule has 2 rings (SSSR count). The van der Waals surface area contributed by atoms with Gasteiger partial charge in [-0.2, -0.15) is 0 Å². The topological polar surface area (TPSA) is 113 Å². The van der Waals surface area contributed by atoms with Crippen molar-refractivity contribution in [3.63, 3.8) is 0 Å². The predicted molar refractivity (Wildman–Crippen MR) is 94.7 cm³/mol. The highest BCUT2D eigenvalue weighted by atomic mass is 35.5. The van der Waals surface area contributed by atoms with Gasteiger partial charge in [0.15, 0.2) is 0 Å². The lowest BCUT2D eigenvalue weighted by Crippen LogP contribution is -2.42. The number of alkyl halides is 1. The molecule has 0 bridgehead atoms. The van der Waals surface area contributed by atoms with E-state index in [1.165, 1.54) is 32.3 Å². The molecule has 0 unspecified atom stereocenters. The molecule has 7 nitrogen and oxygen atoms in total. The lowest BCUT2D eigenvalue weighted by atomic mass is 10.0. The SMILES string of the molecule is CC(C)(O)[C@H](F)CNC(=O)c1cnc(Cl)cc1Nc1ccc(N)nc1. The van der Waals surface area contributed by atoms with Crippen molar-refractivity contribution in [3.8, 4) is 0 Å². The van der Waals surface area contributed by atoms with Crippen molar-refractivity contribution in [3.05, 3.63) is 41.3 Å². The maximum absolute atomic E-state index is 13.8. The zero-order chi connectivity index (χ0) is 18.6. The second-order valence-electron chi connectivity index (χ2n) is 5.98. The molecule has 0 aliphatic rings. The average Bonchev–Trinajstić information content (AvgIpc) is 2.53. The van der Waals surface area contributed by atoms with E-state index in [-0.39, 0.29) is 17.3 Å². The van der Waals surface area contributed by atoms with Crippen molar-refractivity contribution >= 4 is 34.7 Å². The molecule has 2 aromatic rings. The zero-order valence-electron chi connectivity index (χ0n) is 13.8. The first kappa shape index (κ1) is 18.9. The Balaban J connectivity index is 2.17. The fourth-order valence-electron chi connectivity index (χ4n) is 1.88. The molecule has 134 valence electrons. The molecular formula is C16H19ClFN5O2. The Hall–Kier alpha value is -2.45. The Bertz CT molecular complexity index is 749. The minimum Gasteiger partial charge on any atom is -0.387 e. The number of carbonyl (C=O) groups is 1. The summed E-state index contributed by atoms with van der Waals surface area (Å²) in [6.07, 6.45) is 1.16. The molecule has 0 radical (unpaired) electrons. The molecular weight excluding hydrogens is 349 g/mol. The van der Waals surface area contributed by atoms with Gasteiger partial charge in [-0.15, -0.1) is 0 Å². The number of aromatic nitrogens is 2. The van der Waals surface area contributed by atoms with E-state index in [2.05, 4.69) is 20.6 Å². The van der Waals surface area contributed by atoms with E-state index >= 15 is 0 Å². The summed E-state index contributed by atoms with van der Waals surface area (Å²) in [4.78, 5) is 20.2. The number of carbonyl (C=O) groups excluding carboxylic acids is 1. The van der Waals surface area contributed by atoms with Crippen LogP contribution in [0.25, 0.3) is 0 Å². The highest BCUT2D eigenvalue weighted by molar-refractivity contribution is 6.29. The number of rotatable bonds is 6. The minimum atomic E-state index is -1.62. The maximum atomic E-state index is 13.8. The molecule has 2 aromatic heterocycles. The Kier molecular flexibility index (Phi) is 5.76. The number of halogens is 2. The summed E-state index contributed by atoms with van der Waals surface area (Å²) >= 11 is 5.89. The molecule has 0 spiro atoms. The van der Waals surface area contributed by atoms with Gasteiger partial charge in [-0.25, -0.2) is 14.4 Å². The summed E-state index contributed by atoms with van der Waals surface area (Å²) in [6.45, 7) is 2.32. The van der Waals surface area contributed by atoms with Crippen molar-refractivity contribution in [1.29, 1.82) is 0 Å². The van der Waals surface area contributed by atoms with Gasteiger partial charge in [0.1, 0.15) is 17.1 Å². The number of nitrogens with one attached hydrogen (secondary N) is 2. The lowest BCUT2D eigenvalue weighted by molar-refractivity contribution is -0.00177. The molecule has 5 N–H and O–H groups in total. The van der Waals surface area contributed by atoms with Crippen molar-refractivity contribution in [2.45, 2.75) is 25.6 Å². The summed E-state index contributed by atoms with van der Waals surface area (Å²) in [6, 6.07) is 4.75. The number of nitrogens with zero attached hydrogens (tertiary/aromatic N) is 2. The summed E-state index contributed by atoms with van der Waals surface area (Å²) in [5.41, 5.74) is 5.12. The van der Waals surface area contributed by atoms with E-state index in [0.29, 0.717) is 17.2 Å². The molecule has 9 heteroatoms. The zero-order valence-corrected chi connectivity index (χ0v) is 14.5. The van der Waals surface area contributed by atoms with Crippen LogP contribution in [0.3, 0.4) is 0 Å². The van der Waals surface area contributed by atoms with Crippen molar-refractivity contribution in [2.75, 3.05) is 17.6 Å². The van der Waals surface area contributed by atoms with Gasteiger partial charge < -0.3 is 21.5 Å². The van der Waals surface area contributed by atoms with Gasteiger partial charge in [0.05, 0.1) is 35.3 Å². The Morgan fingerprint density at radius 1 is 1.40 bits per heavy atom. The van der Waals surface area contributed by atoms with Crippen LogP contribution in [0.4, 0.5) is 21.6 Å². The molecule has 0 saturated heterocycles. The van der Waals surface area contributed by atoms with E-state index in [0.717, 1.165) is 0 Å². The van der Waals surface area contributed by atoms with Crippen LogP contribution in [-0.2, 0) is 0 Å². The maximum Gasteiger partial charge on any atom is 0.255 e. The van der Waals surface area contributed by atoms with Gasteiger partial charge in [-0.05, 0) is 32.0 Å². The average molecular weight is 368 g/mol. The fourth-order valence-corrected chi connectivity index (χ4v) is 2.03. The Morgan fingerprint density at radius 2 is 2.12 bits per heavy atom. The first-order valence-corrected chi connectivity index (χ1v) is 7.83. The molecule has 0 aliphatic heterocycles. The number of nitrogens with two attached hydrogens (primary N) is 1. The first-order valence-electron chi connectivity index (χ1n) is 7.45. The smallest absolute Gasteiger partial charge is 0.255 e. The van der Waals surface area contributed by atoms with Crippen LogP contribution in [0, 0.1) is 0 Å². The number of aliphatic hydroxyl groups is 1. The number of anilines is 3. The third kappa shape index (κ3) is 5.27. The quantitative estimate of drug-likeness (QED) is 0.583. The van der Waals surface area contributed by atoms with Gasteiger partial charge in [-0.3, -0.25) is 4.79 Å². The minimum absolute atomic E-state index is 0.171. The van der Waals surface area contributed by atoms with E-state index in [1.54, 1.807) is 12.1 Å². The number of hydrogen-bond acceptors (Lipinski definition) is 6. The van der Waals surface area contributed by atoms with Crippen LogP contribution < -0.4 is 16.4 Å². The van der Waals surface area contributed by atoms with E-state index < -0.39 is 17.7 Å². The van der Waals surface area contributed by atoms with Gasteiger partial charge in [0.2, 0.25) is 0 Å². The fraction of sp³-hybridized carbons (Fsp3) is 0.312. The normalized spacial score (nSPS) is 12.5. The van der Waals surface area contributed by atoms with Crippen molar-refractivity contribution < 1.29 is 14.3 Å². The standard InChI is InChI=1S/C16H19ClFN5O2/c1-16(2,25)12(18)8-22-15(24)10-7-20-13(17)5-11(10)23-9-3-4-14(19)21-6-9/h3-7,12,25H,8H2,1-2H3,(H2,19,21)(H,20,23)(H,22,24)/t12-/m1/s1. The van der Waals surface area contributed by atoms with Crippen LogP contribution in [0.15, 0.2) is 30.6 Å². The largest absolute Gasteiger partial charge is 0.387 e. The number of hydrogen-bond donors (Lipinski definition) is 4. The molecule has 1 atom stereocenters. The molecule has 25 heavy (non-hydrogen) atoms. The highest BCUT2D eigenvalue weighted by Gasteiger charge is 2.27. The van der Waals surface area contributed by atoms with Crippen LogP contribution in [0.2, 0.25) is 5.15 Å². The van der Waals surface area contributed by atoms with Gasteiger partial charge in [-0.1, -0.05) is 11.6 Å². The number of pyridine rings is 2. The molecule has 0 aliphatic carbocycles. The Morgan fingerprint density at radius 3 is 2.72 bits per heavy atom. The monoisotopic (exact) mass is 367 g/mol. The Labute approximate surface area is 149 Å². The summed E-state index contributed by atoms with van der Waals surface area (Å²) in [7, 11) is 0. The predicted octanol–water partition coefficient (Wildman–Crippen LogP) is 2.29. The van der Waals surface area contributed by atoms with E-state index in [4.69, 9.17) is 17.3 Å². The van der Waals surface area contributed by atoms with Crippen LogP contribution in [-0.4, -0.2) is 39.3 Å². The van der Waals surface area contributed by atoms with Crippen molar-refractivity contribution in [1.82, 2.24) is 15.3 Å². The molecule has 0 aromatic carbocycles. The van der Waals surface area contributed by atoms with Crippen LogP contribution in [0.5, 0.6) is 0 Å². The third-order valence-electron chi connectivity index (χ3n) is 3.39. The third-order valence-corrected chi connectivity index (χ3v) is 3.60.